The maximum atomic E-state index is 12.6. The molecule has 0 radical (unpaired) electrons. The second kappa shape index (κ2) is 10.6. The summed E-state index contributed by atoms with van der Waals surface area (Å²) in [7, 11) is 3.92. The van der Waals surface area contributed by atoms with Crippen LogP contribution in [0.4, 0.5) is 0 Å². The molecule has 1 saturated carbocycles. The fourth-order valence-electron chi connectivity index (χ4n) is 7.48. The number of aromatic nitrogens is 1. The summed E-state index contributed by atoms with van der Waals surface area (Å²) in [5.74, 6) is 0.727. The van der Waals surface area contributed by atoms with E-state index in [0.717, 1.165) is 19.3 Å². The van der Waals surface area contributed by atoms with Crippen LogP contribution in [0.5, 0.6) is 0 Å². The van der Waals surface area contributed by atoms with Crippen molar-refractivity contribution in [2.24, 2.45) is 24.6 Å². The summed E-state index contributed by atoms with van der Waals surface area (Å²) in [6, 6.07) is 27.8. The lowest BCUT2D eigenvalue weighted by Gasteiger charge is -2.49. The Bertz CT molecular complexity index is 1450. The average Bonchev–Trinajstić information content (AvgIpc) is 3.26. The lowest BCUT2D eigenvalue weighted by Crippen LogP contribution is -2.63. The molecule has 2 atom stereocenters. The molecule has 3 aromatic carbocycles. The molecule has 4 aromatic rings. The van der Waals surface area contributed by atoms with E-state index in [4.69, 9.17) is 10.5 Å². The molecule has 1 aliphatic heterocycles. The molecular formula is C34H39N3O2. The van der Waals surface area contributed by atoms with E-state index in [2.05, 4.69) is 95.8 Å². The zero-order chi connectivity index (χ0) is 27.0. The zero-order valence-corrected chi connectivity index (χ0v) is 23.0. The van der Waals surface area contributed by atoms with Gasteiger partial charge in [-0.2, -0.15) is 0 Å². The minimum absolute atomic E-state index is 0.290. The third-order valence-corrected chi connectivity index (χ3v) is 9.32. The Kier molecular flexibility index (Phi) is 7.05. The number of carbonyl (C=O) groups is 1. The molecule has 2 aliphatic rings. The van der Waals surface area contributed by atoms with E-state index in [1.165, 1.54) is 51.7 Å². The van der Waals surface area contributed by atoms with Crippen molar-refractivity contribution >= 4 is 16.8 Å². The van der Waals surface area contributed by atoms with E-state index in [0.29, 0.717) is 24.9 Å². The SMILES string of the molecule is COC[C@]1(C2CCC(Cc3ccc(-c4ccccc4)cc3)CC2)NC(C(N)=O)Cc2c1n(C)c1ccccc21. The van der Waals surface area contributed by atoms with Crippen molar-refractivity contribution in [3.63, 3.8) is 0 Å². The maximum absolute atomic E-state index is 12.6. The van der Waals surface area contributed by atoms with Gasteiger partial charge in [0.15, 0.2) is 0 Å². The number of primary amides is 1. The summed E-state index contributed by atoms with van der Waals surface area (Å²) in [4.78, 5) is 12.6. The number of para-hydroxylation sites is 1. The Morgan fingerprint density at radius 2 is 1.62 bits per heavy atom. The molecule has 5 heteroatoms. The van der Waals surface area contributed by atoms with Gasteiger partial charge in [0.05, 0.1) is 18.2 Å². The molecular weight excluding hydrogens is 482 g/mol. The smallest absolute Gasteiger partial charge is 0.234 e. The molecule has 1 amide bonds. The van der Waals surface area contributed by atoms with Crippen LogP contribution in [0.15, 0.2) is 78.9 Å². The first-order valence-electron chi connectivity index (χ1n) is 14.3. The zero-order valence-electron chi connectivity index (χ0n) is 23.0. The first kappa shape index (κ1) is 25.8. The van der Waals surface area contributed by atoms with E-state index in [9.17, 15) is 4.79 Å². The summed E-state index contributed by atoms with van der Waals surface area (Å²) in [6.45, 7) is 0.518. The minimum Gasteiger partial charge on any atom is -0.382 e. The van der Waals surface area contributed by atoms with Gasteiger partial charge in [-0.05, 0) is 78.7 Å². The Labute approximate surface area is 231 Å². The largest absolute Gasteiger partial charge is 0.382 e. The van der Waals surface area contributed by atoms with Gasteiger partial charge in [-0.25, -0.2) is 0 Å². The molecule has 6 rings (SSSR count). The highest BCUT2D eigenvalue weighted by Gasteiger charge is 2.50. The Morgan fingerprint density at radius 1 is 0.949 bits per heavy atom. The number of fused-ring (bicyclic) bond motifs is 3. The number of ether oxygens (including phenoxy) is 1. The van der Waals surface area contributed by atoms with Crippen LogP contribution in [0.3, 0.4) is 0 Å². The Balaban J connectivity index is 1.24. The third kappa shape index (κ3) is 4.68. The highest BCUT2D eigenvalue weighted by Crippen LogP contribution is 2.47. The van der Waals surface area contributed by atoms with E-state index in [1.807, 2.05) is 0 Å². The number of nitrogens with zero attached hydrogens (tertiary/aromatic N) is 1. The van der Waals surface area contributed by atoms with Crippen molar-refractivity contribution < 1.29 is 9.53 Å². The van der Waals surface area contributed by atoms with Crippen molar-refractivity contribution in [1.82, 2.24) is 9.88 Å². The first-order valence-corrected chi connectivity index (χ1v) is 14.3. The van der Waals surface area contributed by atoms with E-state index >= 15 is 0 Å². The number of nitrogens with two attached hydrogens (primary N) is 1. The highest BCUT2D eigenvalue weighted by atomic mass is 16.5. The van der Waals surface area contributed by atoms with Crippen molar-refractivity contribution in [1.29, 1.82) is 0 Å². The number of hydrogen-bond donors (Lipinski definition) is 2. The Morgan fingerprint density at radius 3 is 2.31 bits per heavy atom. The van der Waals surface area contributed by atoms with Crippen molar-refractivity contribution in [3.8, 4) is 11.1 Å². The van der Waals surface area contributed by atoms with Crippen molar-refractivity contribution in [3.05, 3.63) is 95.7 Å². The van der Waals surface area contributed by atoms with Gasteiger partial charge in [0.1, 0.15) is 0 Å². The molecule has 0 bridgehead atoms. The van der Waals surface area contributed by atoms with Crippen LogP contribution in [0.2, 0.25) is 0 Å². The number of hydrogen-bond acceptors (Lipinski definition) is 3. The molecule has 1 aromatic heterocycles. The number of rotatable bonds is 7. The van der Waals surface area contributed by atoms with Crippen molar-refractivity contribution in [2.75, 3.05) is 13.7 Å². The predicted molar refractivity (Wildman–Crippen MR) is 157 cm³/mol. The van der Waals surface area contributed by atoms with Gasteiger partial charge in [-0.15, -0.1) is 0 Å². The lowest BCUT2D eigenvalue weighted by molar-refractivity contribution is -0.121. The van der Waals surface area contributed by atoms with Crippen molar-refractivity contribution in [2.45, 2.75) is 50.1 Å². The van der Waals surface area contributed by atoms with E-state index in [-0.39, 0.29) is 5.91 Å². The topological polar surface area (TPSA) is 69.3 Å². The molecule has 0 saturated heterocycles. The van der Waals surface area contributed by atoms with Gasteiger partial charge in [-0.3, -0.25) is 10.1 Å². The fourth-order valence-corrected chi connectivity index (χ4v) is 7.48. The van der Waals surface area contributed by atoms with Gasteiger partial charge < -0.3 is 15.0 Å². The second-order valence-corrected chi connectivity index (χ2v) is 11.6. The Hall–Kier alpha value is -3.41. The summed E-state index contributed by atoms with van der Waals surface area (Å²) in [6.07, 6.45) is 6.24. The second-order valence-electron chi connectivity index (χ2n) is 11.6. The number of amides is 1. The molecule has 202 valence electrons. The van der Waals surface area contributed by atoms with E-state index < -0.39 is 11.6 Å². The molecule has 2 heterocycles. The number of aryl methyl sites for hydroxylation is 1. The molecule has 0 spiro atoms. The molecule has 1 unspecified atom stereocenters. The molecule has 5 nitrogen and oxygen atoms in total. The lowest BCUT2D eigenvalue weighted by atomic mass is 9.67. The summed E-state index contributed by atoms with van der Waals surface area (Å²) in [5.41, 5.74) is 13.1. The molecule has 39 heavy (non-hydrogen) atoms. The monoisotopic (exact) mass is 521 g/mol. The summed E-state index contributed by atoms with van der Waals surface area (Å²) < 4.78 is 8.24. The summed E-state index contributed by atoms with van der Waals surface area (Å²) >= 11 is 0. The molecule has 1 fully saturated rings. The summed E-state index contributed by atoms with van der Waals surface area (Å²) in [5, 5.41) is 4.98. The number of benzene rings is 3. The van der Waals surface area contributed by atoms with Crippen LogP contribution in [0, 0.1) is 11.8 Å². The number of nitrogens with one attached hydrogen (secondary N) is 1. The molecule has 3 N–H and O–H groups in total. The first-order chi connectivity index (χ1) is 19.0. The quantitative estimate of drug-likeness (QED) is 0.326. The van der Waals surface area contributed by atoms with Gasteiger partial charge in [0.2, 0.25) is 5.91 Å². The maximum Gasteiger partial charge on any atom is 0.234 e. The van der Waals surface area contributed by atoms with Crippen LogP contribution in [0.25, 0.3) is 22.0 Å². The van der Waals surface area contributed by atoms with Crippen LogP contribution >= 0.6 is 0 Å². The predicted octanol–water partition coefficient (Wildman–Crippen LogP) is 5.74. The van der Waals surface area contributed by atoms with Gasteiger partial charge >= 0.3 is 0 Å². The number of methoxy groups -OCH3 is 1. The standard InChI is InChI=1S/C34H39N3O2/c1-37-31-11-7-6-10-28(31)29-21-30(33(35)38)36-34(22-39-2,32(29)37)27-18-14-24(15-19-27)20-23-12-16-26(17-13-23)25-8-4-3-5-9-25/h3-13,16-17,24,27,30,36H,14-15,18-22H2,1-2H3,(H2,35,38)/t24?,27?,30?,34-/m1/s1. The van der Waals surface area contributed by atoms with Crippen LogP contribution < -0.4 is 11.1 Å². The van der Waals surface area contributed by atoms with Crippen LogP contribution in [0.1, 0.15) is 42.5 Å². The van der Waals surface area contributed by atoms with Gasteiger partial charge in [-0.1, -0.05) is 72.8 Å². The minimum atomic E-state index is -0.446. The molecule has 1 aliphatic carbocycles. The number of carbonyl (C=O) groups excluding carboxylic acids is 1. The highest BCUT2D eigenvalue weighted by molar-refractivity contribution is 5.89. The fraction of sp³-hybridized carbons (Fsp3) is 0.382. The van der Waals surface area contributed by atoms with Crippen LogP contribution in [-0.4, -0.2) is 30.2 Å². The van der Waals surface area contributed by atoms with Gasteiger partial charge in [0.25, 0.3) is 0 Å². The average molecular weight is 522 g/mol. The normalized spacial score (nSPS) is 24.9. The van der Waals surface area contributed by atoms with Crippen LogP contribution in [-0.2, 0) is 35.0 Å². The van der Waals surface area contributed by atoms with Gasteiger partial charge in [0, 0.05) is 30.8 Å². The van der Waals surface area contributed by atoms with E-state index in [1.54, 1.807) is 7.11 Å². The third-order valence-electron chi connectivity index (χ3n) is 9.32.